The van der Waals surface area contributed by atoms with Crippen LogP contribution in [0.4, 0.5) is 0 Å². The largest absolute Gasteiger partial charge is 0.463 e. The van der Waals surface area contributed by atoms with Gasteiger partial charge in [0.2, 0.25) is 0 Å². The molecule has 1 N–H and O–H groups in total. The van der Waals surface area contributed by atoms with Crippen LogP contribution in [0.5, 0.6) is 0 Å². The molecule has 0 radical (unpaired) electrons. The first-order valence-electron chi connectivity index (χ1n) is 19.3. The van der Waals surface area contributed by atoms with Crippen molar-refractivity contribution in [1.29, 1.82) is 0 Å². The number of allylic oxidation sites excluding steroid dienone is 10. The number of aliphatic hydroxyl groups is 1. The Morgan fingerprint density at radius 3 is 1.21 bits per heavy atom. The van der Waals surface area contributed by atoms with Gasteiger partial charge >= 0.3 is 11.9 Å². The molecule has 0 spiro atoms. The first-order chi connectivity index (χ1) is 23.1. The number of esters is 2. The molecule has 47 heavy (non-hydrogen) atoms. The normalized spacial score (nSPS) is 12.8. The summed E-state index contributed by atoms with van der Waals surface area (Å²) in [4.78, 5) is 23.9. The minimum Gasteiger partial charge on any atom is -0.463 e. The maximum atomic E-state index is 11.9. The van der Waals surface area contributed by atoms with E-state index >= 15 is 0 Å². The van der Waals surface area contributed by atoms with Crippen LogP contribution in [0.2, 0.25) is 0 Å². The van der Waals surface area contributed by atoms with Gasteiger partial charge in [0.15, 0.2) is 0 Å². The Bertz CT molecular complexity index is 838. The summed E-state index contributed by atoms with van der Waals surface area (Å²) >= 11 is 0. The van der Waals surface area contributed by atoms with E-state index in [0.717, 1.165) is 51.4 Å². The number of carbonyl (C=O) groups is 2. The molecule has 270 valence electrons. The summed E-state index contributed by atoms with van der Waals surface area (Å²) in [5, 5.41) is 9.99. The minimum atomic E-state index is -0.991. The number of carbonyl (C=O) groups excluding carboxylic acids is 2. The van der Waals surface area contributed by atoms with Crippen molar-refractivity contribution in [2.24, 2.45) is 0 Å². The highest BCUT2D eigenvalue weighted by Crippen LogP contribution is 2.10. The molecule has 0 rings (SSSR count). The van der Waals surface area contributed by atoms with E-state index in [2.05, 4.69) is 74.6 Å². The molecule has 0 fully saturated rings. The Labute approximate surface area is 290 Å². The molecular weight excluding hydrogens is 584 g/mol. The van der Waals surface area contributed by atoms with E-state index in [9.17, 15) is 14.7 Å². The van der Waals surface area contributed by atoms with Gasteiger partial charge in [-0.2, -0.15) is 0 Å². The predicted octanol–water partition coefficient (Wildman–Crippen LogP) is 12.0. The molecule has 0 aliphatic rings. The van der Waals surface area contributed by atoms with Crippen molar-refractivity contribution in [3.8, 4) is 0 Å². The summed E-state index contributed by atoms with van der Waals surface area (Å²) in [6.07, 6.45) is 48.5. The van der Waals surface area contributed by atoms with Gasteiger partial charge in [-0.05, 0) is 77.0 Å². The van der Waals surface area contributed by atoms with Crippen LogP contribution in [0.1, 0.15) is 174 Å². The molecule has 0 saturated heterocycles. The van der Waals surface area contributed by atoms with E-state index in [-0.39, 0.29) is 25.2 Å². The molecule has 1 atom stereocenters. The van der Waals surface area contributed by atoms with Crippen molar-refractivity contribution < 1.29 is 24.2 Å². The van der Waals surface area contributed by atoms with E-state index in [4.69, 9.17) is 9.47 Å². The van der Waals surface area contributed by atoms with Gasteiger partial charge in [0.1, 0.15) is 19.3 Å². The summed E-state index contributed by atoms with van der Waals surface area (Å²) in [7, 11) is 0. The zero-order chi connectivity index (χ0) is 34.3. The van der Waals surface area contributed by atoms with Gasteiger partial charge in [-0.15, -0.1) is 0 Å². The fourth-order valence-electron chi connectivity index (χ4n) is 5.01. The van der Waals surface area contributed by atoms with Crippen molar-refractivity contribution in [1.82, 2.24) is 0 Å². The lowest BCUT2D eigenvalue weighted by Crippen LogP contribution is -2.25. The van der Waals surface area contributed by atoms with Crippen molar-refractivity contribution in [3.63, 3.8) is 0 Å². The predicted molar refractivity (Wildman–Crippen MR) is 200 cm³/mol. The SMILES string of the molecule is CCCCCC/C=C\C/C=C\CCCCCCCC(=O)OC[C@H](O)COC(=O)CCC/C=C\C/C=C\C/C=C\CCCCCCCC. The average Bonchev–Trinajstić information content (AvgIpc) is 3.07. The average molecular weight is 657 g/mol. The first kappa shape index (κ1) is 44.6. The van der Waals surface area contributed by atoms with Gasteiger partial charge in [0.05, 0.1) is 0 Å². The molecule has 0 unspecified atom stereocenters. The summed E-state index contributed by atoms with van der Waals surface area (Å²) < 4.78 is 10.3. The summed E-state index contributed by atoms with van der Waals surface area (Å²) in [5.74, 6) is -0.643. The van der Waals surface area contributed by atoms with Crippen LogP contribution in [-0.2, 0) is 19.1 Å². The zero-order valence-electron chi connectivity index (χ0n) is 30.5. The number of rotatable bonds is 34. The first-order valence-corrected chi connectivity index (χ1v) is 19.3. The Hall–Kier alpha value is -2.40. The molecule has 0 aromatic rings. The number of unbranched alkanes of at least 4 members (excludes halogenated alkanes) is 16. The van der Waals surface area contributed by atoms with E-state index in [1.807, 2.05) is 0 Å². The number of aliphatic hydroxyl groups excluding tert-OH is 1. The highest BCUT2D eigenvalue weighted by atomic mass is 16.6. The van der Waals surface area contributed by atoms with Crippen LogP contribution < -0.4 is 0 Å². The van der Waals surface area contributed by atoms with E-state index in [0.29, 0.717) is 19.3 Å². The lowest BCUT2D eigenvalue weighted by Gasteiger charge is -2.12. The molecule has 0 aliphatic carbocycles. The smallest absolute Gasteiger partial charge is 0.305 e. The summed E-state index contributed by atoms with van der Waals surface area (Å²) in [5.41, 5.74) is 0. The van der Waals surface area contributed by atoms with Crippen LogP contribution >= 0.6 is 0 Å². The van der Waals surface area contributed by atoms with Gasteiger partial charge < -0.3 is 14.6 Å². The van der Waals surface area contributed by atoms with Gasteiger partial charge in [-0.3, -0.25) is 9.59 Å². The third kappa shape index (κ3) is 37.9. The third-order valence-corrected chi connectivity index (χ3v) is 7.98. The molecule has 5 nitrogen and oxygen atoms in total. The Morgan fingerprint density at radius 1 is 0.447 bits per heavy atom. The van der Waals surface area contributed by atoms with Crippen molar-refractivity contribution in [3.05, 3.63) is 60.8 Å². The number of ether oxygens (including phenoxy) is 2. The second-order valence-corrected chi connectivity index (χ2v) is 12.7. The number of hydrogen-bond donors (Lipinski definition) is 1. The van der Waals surface area contributed by atoms with Crippen LogP contribution in [0.15, 0.2) is 60.8 Å². The summed E-state index contributed by atoms with van der Waals surface area (Å²) in [6.45, 7) is 4.21. The molecule has 0 heterocycles. The van der Waals surface area contributed by atoms with Crippen molar-refractivity contribution in [2.45, 2.75) is 180 Å². The monoisotopic (exact) mass is 657 g/mol. The number of hydrogen-bond acceptors (Lipinski definition) is 5. The Balaban J connectivity index is 3.56. The highest BCUT2D eigenvalue weighted by molar-refractivity contribution is 5.69. The lowest BCUT2D eigenvalue weighted by molar-refractivity contribution is -0.152. The Kier molecular flexibility index (Phi) is 36.1. The topological polar surface area (TPSA) is 72.8 Å². The fraction of sp³-hybridized carbons (Fsp3) is 0.714. The van der Waals surface area contributed by atoms with E-state index < -0.39 is 6.10 Å². The Morgan fingerprint density at radius 2 is 0.766 bits per heavy atom. The zero-order valence-corrected chi connectivity index (χ0v) is 30.5. The molecule has 0 bridgehead atoms. The van der Waals surface area contributed by atoms with E-state index in [1.54, 1.807) is 0 Å². The molecule has 0 amide bonds. The highest BCUT2D eigenvalue weighted by Gasteiger charge is 2.11. The quantitative estimate of drug-likeness (QED) is 0.0424. The van der Waals surface area contributed by atoms with Crippen LogP contribution in [0, 0.1) is 0 Å². The van der Waals surface area contributed by atoms with Crippen LogP contribution in [0.3, 0.4) is 0 Å². The fourth-order valence-corrected chi connectivity index (χ4v) is 5.01. The molecule has 0 aromatic heterocycles. The van der Waals surface area contributed by atoms with Gasteiger partial charge in [0, 0.05) is 12.8 Å². The maximum Gasteiger partial charge on any atom is 0.305 e. The van der Waals surface area contributed by atoms with E-state index in [1.165, 1.54) is 89.9 Å². The second-order valence-electron chi connectivity index (χ2n) is 12.7. The molecule has 0 aliphatic heterocycles. The standard InChI is InChI=1S/C42H72O5/c1-3-5-7-9-11-13-15-17-19-21-23-25-27-29-31-33-35-37-42(45)47-39-40(43)38-46-41(44)36-34-32-30-28-26-24-22-20-18-16-14-12-10-8-6-4-2/h14,16-17,19-20,22-23,25,29,31,40,43H,3-13,15,18,21,24,26-28,30,32-39H2,1-2H3/b16-14-,19-17-,22-20-,25-23-,31-29-/t40-/m0/s1. The van der Waals surface area contributed by atoms with Crippen LogP contribution in [-0.4, -0.2) is 36.4 Å². The molecule has 0 aromatic carbocycles. The molecule has 5 heteroatoms. The van der Waals surface area contributed by atoms with Crippen LogP contribution in [0.25, 0.3) is 0 Å². The lowest BCUT2D eigenvalue weighted by atomic mass is 10.1. The van der Waals surface area contributed by atoms with Crippen molar-refractivity contribution in [2.75, 3.05) is 13.2 Å². The van der Waals surface area contributed by atoms with Crippen molar-refractivity contribution >= 4 is 11.9 Å². The molecule has 0 saturated carbocycles. The molecular formula is C42H72O5. The third-order valence-electron chi connectivity index (χ3n) is 7.98. The van der Waals surface area contributed by atoms with Gasteiger partial charge in [-0.25, -0.2) is 0 Å². The minimum absolute atomic E-state index is 0.141. The van der Waals surface area contributed by atoms with Gasteiger partial charge in [-0.1, -0.05) is 145 Å². The maximum absolute atomic E-state index is 11.9. The van der Waals surface area contributed by atoms with Gasteiger partial charge in [0.25, 0.3) is 0 Å². The summed E-state index contributed by atoms with van der Waals surface area (Å²) in [6, 6.07) is 0. The second kappa shape index (κ2) is 38.1.